The van der Waals surface area contributed by atoms with Crippen molar-refractivity contribution in [3.63, 3.8) is 0 Å². The smallest absolute Gasteiger partial charge is 0.255 e. The van der Waals surface area contributed by atoms with Crippen molar-refractivity contribution in [2.75, 3.05) is 19.6 Å². The third-order valence-electron chi connectivity index (χ3n) is 6.26. The van der Waals surface area contributed by atoms with Crippen molar-refractivity contribution in [3.8, 4) is 0 Å². The lowest BCUT2D eigenvalue weighted by atomic mass is 9.96. The zero-order chi connectivity index (χ0) is 21.1. The number of benzene rings is 2. The van der Waals surface area contributed by atoms with E-state index in [0.29, 0.717) is 24.6 Å². The first-order valence-corrected chi connectivity index (χ1v) is 11.0. The van der Waals surface area contributed by atoms with Gasteiger partial charge in [-0.2, -0.15) is 0 Å². The van der Waals surface area contributed by atoms with Gasteiger partial charge in [0, 0.05) is 30.2 Å². The first kappa shape index (κ1) is 20.9. The predicted octanol–water partition coefficient (Wildman–Crippen LogP) is 3.71. The average Bonchev–Trinajstić information content (AvgIpc) is 3.09. The van der Waals surface area contributed by atoms with Gasteiger partial charge in [0.05, 0.1) is 0 Å². The number of fused-ring (bicyclic) bond motifs is 1. The van der Waals surface area contributed by atoms with Gasteiger partial charge in [-0.15, -0.1) is 0 Å². The van der Waals surface area contributed by atoms with Crippen LogP contribution in [0.5, 0.6) is 0 Å². The van der Waals surface area contributed by atoms with Gasteiger partial charge in [0.2, 0.25) is 5.91 Å². The van der Waals surface area contributed by atoms with Crippen LogP contribution in [0.4, 0.5) is 0 Å². The number of nitrogens with zero attached hydrogens (tertiary/aromatic N) is 2. The molecule has 2 aromatic carbocycles. The standard InChI is InChI=1S/C24H28ClN3O2/c1-17(28-16-20-6-2-3-8-22(20)24(28)30)23(29)26-14-18-9-11-27(12-10-18)15-19-5-4-7-21(25)13-19/h2-8,13,17-18H,9-12,14-16H2,1H3,(H,26,29). The summed E-state index contributed by atoms with van der Waals surface area (Å²) < 4.78 is 0. The van der Waals surface area contributed by atoms with Gasteiger partial charge in [-0.25, -0.2) is 0 Å². The Balaban J connectivity index is 1.22. The molecule has 2 aliphatic heterocycles. The molecule has 2 heterocycles. The second-order valence-corrected chi connectivity index (χ2v) is 8.80. The molecule has 1 unspecified atom stereocenters. The van der Waals surface area contributed by atoms with E-state index in [0.717, 1.165) is 43.1 Å². The molecule has 2 aromatic rings. The minimum Gasteiger partial charge on any atom is -0.354 e. The van der Waals surface area contributed by atoms with E-state index in [2.05, 4.69) is 16.3 Å². The highest BCUT2D eigenvalue weighted by Crippen LogP contribution is 2.24. The third-order valence-corrected chi connectivity index (χ3v) is 6.50. The summed E-state index contributed by atoms with van der Waals surface area (Å²) in [5, 5.41) is 3.86. The molecule has 6 heteroatoms. The van der Waals surface area contributed by atoms with E-state index < -0.39 is 6.04 Å². The molecule has 0 radical (unpaired) electrons. The Morgan fingerprint density at radius 3 is 2.67 bits per heavy atom. The van der Waals surface area contributed by atoms with Crippen molar-refractivity contribution in [2.24, 2.45) is 5.92 Å². The van der Waals surface area contributed by atoms with Crippen molar-refractivity contribution in [1.29, 1.82) is 0 Å². The first-order chi connectivity index (χ1) is 14.5. The summed E-state index contributed by atoms with van der Waals surface area (Å²) in [6.45, 7) is 5.93. The second-order valence-electron chi connectivity index (χ2n) is 8.36. The maximum absolute atomic E-state index is 12.7. The fraction of sp³-hybridized carbons (Fsp3) is 0.417. The normalized spacial score (nSPS) is 18.3. The zero-order valence-corrected chi connectivity index (χ0v) is 18.1. The number of amides is 2. The van der Waals surface area contributed by atoms with Gasteiger partial charge in [0.15, 0.2) is 0 Å². The molecule has 1 fully saturated rings. The van der Waals surface area contributed by atoms with Crippen LogP contribution in [0.15, 0.2) is 48.5 Å². The predicted molar refractivity (Wildman–Crippen MR) is 118 cm³/mol. The monoisotopic (exact) mass is 425 g/mol. The van der Waals surface area contributed by atoms with Crippen LogP contribution < -0.4 is 5.32 Å². The SMILES string of the molecule is CC(C(=O)NCC1CCN(Cc2cccc(Cl)c2)CC1)N1Cc2ccccc2C1=O. The zero-order valence-electron chi connectivity index (χ0n) is 17.3. The van der Waals surface area contributed by atoms with Crippen LogP contribution in [0.1, 0.15) is 41.3 Å². The van der Waals surface area contributed by atoms with Gasteiger partial charge >= 0.3 is 0 Å². The molecule has 0 aliphatic carbocycles. The molecule has 1 saturated heterocycles. The number of rotatable bonds is 6. The quantitative estimate of drug-likeness (QED) is 0.767. The fourth-order valence-electron chi connectivity index (χ4n) is 4.37. The molecular weight excluding hydrogens is 398 g/mol. The van der Waals surface area contributed by atoms with Crippen LogP contribution in [0, 0.1) is 5.92 Å². The van der Waals surface area contributed by atoms with Gasteiger partial charge < -0.3 is 10.2 Å². The number of likely N-dealkylation sites (tertiary alicyclic amines) is 1. The molecule has 5 nitrogen and oxygen atoms in total. The van der Waals surface area contributed by atoms with Crippen molar-refractivity contribution in [2.45, 2.75) is 38.9 Å². The van der Waals surface area contributed by atoms with E-state index in [1.165, 1.54) is 5.56 Å². The van der Waals surface area contributed by atoms with E-state index in [-0.39, 0.29) is 11.8 Å². The minimum atomic E-state index is -0.465. The number of hydrogen-bond donors (Lipinski definition) is 1. The molecule has 2 aliphatic rings. The Bertz CT molecular complexity index is 924. The summed E-state index contributed by atoms with van der Waals surface area (Å²) in [7, 11) is 0. The number of carbonyl (C=O) groups is 2. The molecule has 4 rings (SSSR count). The Morgan fingerprint density at radius 1 is 1.17 bits per heavy atom. The highest BCUT2D eigenvalue weighted by atomic mass is 35.5. The maximum atomic E-state index is 12.7. The number of hydrogen-bond acceptors (Lipinski definition) is 3. The first-order valence-electron chi connectivity index (χ1n) is 10.6. The van der Waals surface area contributed by atoms with Crippen LogP contribution in [0.2, 0.25) is 5.02 Å². The Hall–Kier alpha value is -2.37. The lowest BCUT2D eigenvalue weighted by molar-refractivity contribution is -0.125. The summed E-state index contributed by atoms with van der Waals surface area (Å²) >= 11 is 6.08. The second kappa shape index (κ2) is 9.19. The fourth-order valence-corrected chi connectivity index (χ4v) is 4.58. The van der Waals surface area contributed by atoms with Gasteiger partial charge in [0.25, 0.3) is 5.91 Å². The lowest BCUT2D eigenvalue weighted by Crippen LogP contribution is -2.47. The molecule has 158 valence electrons. The van der Waals surface area contributed by atoms with E-state index >= 15 is 0 Å². The minimum absolute atomic E-state index is 0.0532. The molecule has 1 N–H and O–H groups in total. The van der Waals surface area contributed by atoms with Gasteiger partial charge in [-0.1, -0.05) is 41.9 Å². The molecule has 0 bridgehead atoms. The summed E-state index contributed by atoms with van der Waals surface area (Å²) in [6, 6.07) is 15.1. The molecular formula is C24H28ClN3O2. The largest absolute Gasteiger partial charge is 0.354 e. The van der Waals surface area contributed by atoms with Crippen LogP contribution in [-0.4, -0.2) is 47.3 Å². The molecule has 30 heavy (non-hydrogen) atoms. The molecule has 1 atom stereocenters. The van der Waals surface area contributed by atoms with E-state index in [1.807, 2.05) is 49.4 Å². The van der Waals surface area contributed by atoms with E-state index in [4.69, 9.17) is 11.6 Å². The summed E-state index contributed by atoms with van der Waals surface area (Å²) in [5.74, 6) is 0.350. The summed E-state index contributed by atoms with van der Waals surface area (Å²) in [5.41, 5.74) is 2.94. The van der Waals surface area contributed by atoms with E-state index in [9.17, 15) is 9.59 Å². The van der Waals surface area contributed by atoms with Gasteiger partial charge in [0.1, 0.15) is 6.04 Å². The topological polar surface area (TPSA) is 52.7 Å². The third kappa shape index (κ3) is 4.68. The Morgan fingerprint density at radius 2 is 1.93 bits per heavy atom. The molecule has 0 saturated carbocycles. The molecule has 2 amide bonds. The van der Waals surface area contributed by atoms with Crippen molar-refractivity contribution < 1.29 is 9.59 Å². The van der Waals surface area contributed by atoms with E-state index in [1.54, 1.807) is 4.90 Å². The van der Waals surface area contributed by atoms with Crippen molar-refractivity contribution in [3.05, 3.63) is 70.2 Å². The van der Waals surface area contributed by atoms with Crippen LogP contribution in [0.3, 0.4) is 0 Å². The highest BCUT2D eigenvalue weighted by Gasteiger charge is 2.33. The van der Waals surface area contributed by atoms with Gasteiger partial charge in [-0.05, 0) is 68.1 Å². The molecule has 0 aromatic heterocycles. The Labute approximate surface area is 183 Å². The number of nitrogens with one attached hydrogen (secondary N) is 1. The van der Waals surface area contributed by atoms with Gasteiger partial charge in [-0.3, -0.25) is 14.5 Å². The Kier molecular flexibility index (Phi) is 6.40. The van der Waals surface area contributed by atoms with Crippen LogP contribution >= 0.6 is 11.6 Å². The van der Waals surface area contributed by atoms with Crippen molar-refractivity contribution >= 4 is 23.4 Å². The van der Waals surface area contributed by atoms with Crippen molar-refractivity contribution in [1.82, 2.24) is 15.1 Å². The summed E-state index contributed by atoms with van der Waals surface area (Å²) in [4.78, 5) is 29.4. The summed E-state index contributed by atoms with van der Waals surface area (Å²) in [6.07, 6.45) is 2.12. The van der Waals surface area contributed by atoms with Crippen LogP contribution in [0.25, 0.3) is 0 Å². The van der Waals surface area contributed by atoms with Crippen LogP contribution in [-0.2, 0) is 17.9 Å². The lowest BCUT2D eigenvalue weighted by Gasteiger charge is -2.32. The highest BCUT2D eigenvalue weighted by molar-refractivity contribution is 6.30. The molecule has 0 spiro atoms. The number of halogens is 1. The number of piperidine rings is 1. The average molecular weight is 426 g/mol. The number of carbonyl (C=O) groups excluding carboxylic acids is 2. The maximum Gasteiger partial charge on any atom is 0.255 e.